The molecule has 0 aromatic carbocycles. The fourth-order valence-corrected chi connectivity index (χ4v) is 1.61. The second-order valence-corrected chi connectivity index (χ2v) is 5.61. The van der Waals surface area contributed by atoms with Gasteiger partial charge in [0.2, 0.25) is 11.2 Å². The van der Waals surface area contributed by atoms with E-state index in [0.29, 0.717) is 0 Å². The summed E-state index contributed by atoms with van der Waals surface area (Å²) in [6, 6.07) is -0.284. The number of hydrogen-bond donors (Lipinski definition) is 2. The number of anilines is 1. The van der Waals surface area contributed by atoms with Crippen molar-refractivity contribution in [3.8, 4) is 0 Å². The van der Waals surface area contributed by atoms with Gasteiger partial charge in [-0.3, -0.25) is 4.79 Å². The number of carbonyl (C=O) groups excluding carboxylic acids is 1. The van der Waals surface area contributed by atoms with Gasteiger partial charge < -0.3 is 10.6 Å². The van der Waals surface area contributed by atoms with E-state index in [1.807, 2.05) is 20.8 Å². The first-order chi connectivity index (χ1) is 8.74. The van der Waals surface area contributed by atoms with E-state index in [0.717, 1.165) is 6.20 Å². The first-order valence-corrected chi connectivity index (χ1v) is 6.27. The number of aromatic nitrogens is 2. The Morgan fingerprint density at radius 1 is 1.53 bits per heavy atom. The van der Waals surface area contributed by atoms with E-state index in [1.165, 1.54) is 0 Å². The number of carbonyl (C=O) groups is 1. The predicted molar refractivity (Wildman–Crippen MR) is 72.5 cm³/mol. The molecule has 0 saturated carbocycles. The normalized spacial score (nSPS) is 12.9. The van der Waals surface area contributed by atoms with Crippen LogP contribution in [0.25, 0.3) is 0 Å². The molecule has 1 atom stereocenters. The maximum Gasteiger partial charge on any atom is 0.224 e. The molecule has 1 heterocycles. The Kier molecular flexibility index (Phi) is 5.05. The van der Waals surface area contributed by atoms with Crippen LogP contribution in [-0.4, -0.2) is 29.0 Å². The second-order valence-electron chi connectivity index (χ2n) is 5.28. The van der Waals surface area contributed by atoms with Gasteiger partial charge in [0.15, 0.2) is 11.6 Å². The third kappa shape index (κ3) is 4.63. The SMILES string of the molecule is CNC(=O)C[C@@H](Nc1nc(Cl)ncc1F)C(C)(C)C. The Hall–Kier alpha value is -1.43. The van der Waals surface area contributed by atoms with Crippen LogP contribution in [-0.2, 0) is 4.79 Å². The quantitative estimate of drug-likeness (QED) is 0.834. The Balaban J connectivity index is 2.94. The molecule has 19 heavy (non-hydrogen) atoms. The van der Waals surface area contributed by atoms with Gasteiger partial charge in [0.25, 0.3) is 0 Å². The van der Waals surface area contributed by atoms with Gasteiger partial charge in [0.05, 0.1) is 6.20 Å². The van der Waals surface area contributed by atoms with Crippen molar-refractivity contribution in [1.29, 1.82) is 0 Å². The first kappa shape index (κ1) is 15.6. The van der Waals surface area contributed by atoms with Crippen LogP contribution in [0, 0.1) is 11.2 Å². The highest BCUT2D eigenvalue weighted by atomic mass is 35.5. The monoisotopic (exact) mass is 288 g/mol. The van der Waals surface area contributed by atoms with Crippen molar-refractivity contribution in [3.05, 3.63) is 17.3 Å². The average molecular weight is 289 g/mol. The number of rotatable bonds is 4. The van der Waals surface area contributed by atoms with Crippen LogP contribution >= 0.6 is 11.6 Å². The molecule has 0 saturated heterocycles. The molecule has 1 aromatic rings. The maximum atomic E-state index is 13.6. The highest BCUT2D eigenvalue weighted by Gasteiger charge is 2.28. The Morgan fingerprint density at radius 2 is 2.16 bits per heavy atom. The van der Waals surface area contributed by atoms with Crippen LogP contribution in [0.2, 0.25) is 5.28 Å². The summed E-state index contributed by atoms with van der Waals surface area (Å²) in [6.45, 7) is 5.86. The van der Waals surface area contributed by atoms with Gasteiger partial charge in [-0.25, -0.2) is 9.37 Å². The predicted octanol–water partition coefficient (Wildman–Crippen LogP) is 2.23. The minimum Gasteiger partial charge on any atom is -0.364 e. The lowest BCUT2D eigenvalue weighted by Gasteiger charge is -2.31. The van der Waals surface area contributed by atoms with Gasteiger partial charge >= 0.3 is 0 Å². The molecule has 0 aliphatic heterocycles. The fraction of sp³-hybridized carbons (Fsp3) is 0.583. The van der Waals surface area contributed by atoms with E-state index in [4.69, 9.17) is 11.6 Å². The van der Waals surface area contributed by atoms with Crippen molar-refractivity contribution in [1.82, 2.24) is 15.3 Å². The van der Waals surface area contributed by atoms with Crippen molar-refractivity contribution < 1.29 is 9.18 Å². The lowest BCUT2D eigenvalue weighted by Crippen LogP contribution is -2.39. The first-order valence-electron chi connectivity index (χ1n) is 5.89. The number of amides is 1. The summed E-state index contributed by atoms with van der Waals surface area (Å²) in [6.07, 6.45) is 1.21. The number of nitrogens with zero attached hydrogens (tertiary/aromatic N) is 2. The van der Waals surface area contributed by atoms with Gasteiger partial charge in [-0.1, -0.05) is 20.8 Å². The molecular formula is C12H18ClFN4O. The molecule has 0 spiro atoms. The largest absolute Gasteiger partial charge is 0.364 e. The summed E-state index contributed by atoms with van der Waals surface area (Å²) in [7, 11) is 1.56. The zero-order chi connectivity index (χ0) is 14.6. The average Bonchev–Trinajstić information content (AvgIpc) is 2.31. The molecule has 5 nitrogen and oxygen atoms in total. The topological polar surface area (TPSA) is 66.9 Å². The minimum absolute atomic E-state index is 0.00354. The molecule has 0 aliphatic carbocycles. The Morgan fingerprint density at radius 3 is 2.68 bits per heavy atom. The maximum absolute atomic E-state index is 13.6. The molecule has 0 bridgehead atoms. The molecule has 1 rings (SSSR count). The standard InChI is InChI=1S/C12H18ClFN4O/c1-12(2,3)8(5-9(19)15-4)17-10-7(14)6-16-11(13)18-10/h6,8H,5H2,1-4H3,(H,15,19)(H,16,17,18)/t8-/m1/s1. The third-order valence-corrected chi connectivity index (χ3v) is 2.92. The van der Waals surface area contributed by atoms with Crippen molar-refractivity contribution in [2.24, 2.45) is 5.41 Å². The molecule has 1 aromatic heterocycles. The highest BCUT2D eigenvalue weighted by Crippen LogP contribution is 2.26. The Labute approximate surface area is 117 Å². The van der Waals surface area contributed by atoms with Gasteiger partial charge in [-0.05, 0) is 17.0 Å². The molecule has 0 unspecified atom stereocenters. The zero-order valence-corrected chi connectivity index (χ0v) is 12.2. The number of hydrogen-bond acceptors (Lipinski definition) is 4. The lowest BCUT2D eigenvalue weighted by atomic mass is 9.84. The summed E-state index contributed by atoms with van der Waals surface area (Å²) in [4.78, 5) is 18.8. The molecule has 2 N–H and O–H groups in total. The van der Waals surface area contributed by atoms with Gasteiger partial charge in [-0.15, -0.1) is 0 Å². The summed E-state index contributed by atoms with van der Waals surface area (Å²) in [5.41, 5.74) is -0.254. The van der Waals surface area contributed by atoms with Gasteiger partial charge in [0, 0.05) is 19.5 Å². The molecule has 1 amide bonds. The van der Waals surface area contributed by atoms with Crippen LogP contribution in [0.15, 0.2) is 6.20 Å². The van der Waals surface area contributed by atoms with Crippen molar-refractivity contribution >= 4 is 23.3 Å². The zero-order valence-electron chi connectivity index (χ0n) is 11.4. The molecule has 106 valence electrons. The fourth-order valence-electron chi connectivity index (χ4n) is 1.47. The van der Waals surface area contributed by atoms with Gasteiger partial charge in [-0.2, -0.15) is 4.98 Å². The van der Waals surface area contributed by atoms with E-state index in [-0.39, 0.29) is 34.9 Å². The van der Waals surface area contributed by atoms with E-state index in [9.17, 15) is 9.18 Å². The second kappa shape index (κ2) is 6.14. The molecule has 0 radical (unpaired) electrons. The van der Waals surface area contributed by atoms with Crippen molar-refractivity contribution in [2.75, 3.05) is 12.4 Å². The highest BCUT2D eigenvalue weighted by molar-refractivity contribution is 6.28. The van der Waals surface area contributed by atoms with Crippen LogP contribution < -0.4 is 10.6 Å². The van der Waals surface area contributed by atoms with Crippen molar-refractivity contribution in [3.63, 3.8) is 0 Å². The summed E-state index contributed by atoms with van der Waals surface area (Å²) in [5, 5.41) is 5.42. The minimum atomic E-state index is -0.601. The van der Waals surface area contributed by atoms with Crippen LogP contribution in [0.4, 0.5) is 10.2 Å². The molecular weight excluding hydrogens is 271 g/mol. The number of halogens is 2. The Bertz CT molecular complexity index is 462. The van der Waals surface area contributed by atoms with Crippen LogP contribution in [0.1, 0.15) is 27.2 Å². The summed E-state index contributed by atoms with van der Waals surface area (Å²) >= 11 is 5.64. The summed E-state index contributed by atoms with van der Waals surface area (Å²) < 4.78 is 13.6. The van der Waals surface area contributed by atoms with E-state index >= 15 is 0 Å². The van der Waals surface area contributed by atoms with E-state index in [1.54, 1.807) is 7.05 Å². The third-order valence-electron chi connectivity index (χ3n) is 2.74. The van der Waals surface area contributed by atoms with Crippen molar-refractivity contribution in [2.45, 2.75) is 33.2 Å². The van der Waals surface area contributed by atoms with Gasteiger partial charge in [0.1, 0.15) is 0 Å². The van der Waals surface area contributed by atoms with Crippen LogP contribution in [0.5, 0.6) is 0 Å². The van der Waals surface area contributed by atoms with E-state index in [2.05, 4.69) is 20.6 Å². The molecule has 7 heteroatoms. The number of nitrogens with one attached hydrogen (secondary N) is 2. The van der Waals surface area contributed by atoms with E-state index < -0.39 is 5.82 Å². The summed E-state index contributed by atoms with van der Waals surface area (Å²) in [5.74, 6) is -0.729. The molecule has 0 fully saturated rings. The molecule has 0 aliphatic rings. The lowest BCUT2D eigenvalue weighted by molar-refractivity contribution is -0.121. The van der Waals surface area contributed by atoms with Crippen LogP contribution in [0.3, 0.4) is 0 Å². The smallest absolute Gasteiger partial charge is 0.224 e.